The fourth-order valence-corrected chi connectivity index (χ4v) is 3.83. The van der Waals surface area contributed by atoms with Crippen LogP contribution in [0, 0.1) is 5.41 Å². The van der Waals surface area contributed by atoms with Crippen LogP contribution >= 0.6 is 0 Å². The van der Waals surface area contributed by atoms with Crippen LogP contribution in [-0.2, 0) is 19.3 Å². The number of halogens is 1. The minimum Gasteiger partial charge on any atom is -0.316 e. The van der Waals surface area contributed by atoms with E-state index in [9.17, 15) is 9.18 Å². The van der Waals surface area contributed by atoms with E-state index < -0.39 is 6.09 Å². The number of aryl methyl sites for hydroxylation is 1. The van der Waals surface area contributed by atoms with E-state index in [0.717, 1.165) is 36.8 Å². The van der Waals surface area contributed by atoms with Crippen molar-refractivity contribution in [2.24, 2.45) is 0 Å². The molecular weight excluding hydrogens is 327 g/mol. The minimum absolute atomic E-state index is 0.103. The van der Waals surface area contributed by atoms with Crippen molar-refractivity contribution < 1.29 is 9.18 Å². The highest BCUT2D eigenvalue weighted by Gasteiger charge is 2.19. The van der Waals surface area contributed by atoms with Crippen LogP contribution in [0.25, 0.3) is 0 Å². The molecule has 1 aliphatic carbocycles. The monoisotopic (exact) mass is 352 g/mol. The van der Waals surface area contributed by atoms with Gasteiger partial charge >= 0.3 is 0 Å². The molecule has 136 valence electrons. The molecule has 0 amide bonds. The smallest absolute Gasteiger partial charge is 0.279 e. The molecule has 0 fully saturated rings. The van der Waals surface area contributed by atoms with Crippen molar-refractivity contribution in [3.8, 4) is 0 Å². The third kappa shape index (κ3) is 4.01. The maximum Gasteiger partial charge on any atom is 0.279 e. The minimum atomic E-state index is -1.09. The number of fused-ring (bicyclic) bond motifs is 2. The van der Waals surface area contributed by atoms with Gasteiger partial charge in [0.25, 0.3) is 6.09 Å². The number of amidine groups is 1. The maximum atomic E-state index is 13.0. The maximum absolute atomic E-state index is 13.0. The Kier molecular flexibility index (Phi) is 5.50. The number of hydrogen-bond donors (Lipinski definition) is 2. The molecule has 3 nitrogen and oxygen atoms in total. The van der Waals surface area contributed by atoms with Gasteiger partial charge in [-0.3, -0.25) is 10.2 Å². The van der Waals surface area contributed by atoms with E-state index >= 15 is 0 Å². The molecule has 3 rings (SSSR count). The summed E-state index contributed by atoms with van der Waals surface area (Å²) in [4.78, 5) is 13.0. The zero-order chi connectivity index (χ0) is 18.7. The topological polar surface area (TPSA) is 53.0 Å². The standard InChI is InChI=1S/C22H25FN2O/c1-14(2)18-9-5-7-16-13-21(26)20-11-10-17(25-22(23)24)12-15(20)6-3-4-8-19(16)18/h5,7,9-12,14H,3-4,6,8,13H2,1-2H3,(H2,24,25). The molecule has 1 aliphatic rings. The van der Waals surface area contributed by atoms with Crippen LogP contribution in [0.1, 0.15) is 65.2 Å². The Bertz CT molecular complexity index is 842. The quantitative estimate of drug-likeness (QED) is 0.430. The SMILES string of the molecule is CC(C)c1cccc2c1CCCCc1cc(NC(=N)F)ccc1C(=O)C2. The first-order chi connectivity index (χ1) is 12.5. The molecule has 0 unspecified atom stereocenters. The summed E-state index contributed by atoms with van der Waals surface area (Å²) in [5.74, 6) is 0.547. The summed E-state index contributed by atoms with van der Waals surface area (Å²) in [7, 11) is 0. The van der Waals surface area contributed by atoms with Crippen LogP contribution in [0.15, 0.2) is 36.4 Å². The molecule has 2 aromatic carbocycles. The van der Waals surface area contributed by atoms with Gasteiger partial charge in [0.2, 0.25) is 0 Å². The second-order valence-electron chi connectivity index (χ2n) is 7.26. The lowest BCUT2D eigenvalue weighted by Crippen LogP contribution is -2.13. The Hall–Kier alpha value is -2.49. The van der Waals surface area contributed by atoms with E-state index in [1.807, 2.05) is 6.07 Å². The molecule has 0 heterocycles. The number of nitrogens with one attached hydrogen (secondary N) is 2. The van der Waals surface area contributed by atoms with E-state index in [1.54, 1.807) is 18.2 Å². The van der Waals surface area contributed by atoms with Crippen LogP contribution in [-0.4, -0.2) is 11.9 Å². The predicted molar refractivity (Wildman–Crippen MR) is 104 cm³/mol. The molecule has 0 aromatic heterocycles. The van der Waals surface area contributed by atoms with Gasteiger partial charge in [-0.05, 0) is 72.1 Å². The Labute approximate surface area is 154 Å². The van der Waals surface area contributed by atoms with Crippen molar-refractivity contribution in [1.29, 1.82) is 5.41 Å². The molecule has 26 heavy (non-hydrogen) atoms. The fourth-order valence-electron chi connectivity index (χ4n) is 3.83. The van der Waals surface area contributed by atoms with Gasteiger partial charge < -0.3 is 5.32 Å². The zero-order valence-corrected chi connectivity index (χ0v) is 15.4. The first kappa shape index (κ1) is 18.3. The van der Waals surface area contributed by atoms with E-state index in [2.05, 4.69) is 31.3 Å². The lowest BCUT2D eigenvalue weighted by molar-refractivity contribution is 0.0991. The molecule has 0 aliphatic heterocycles. The van der Waals surface area contributed by atoms with Crippen molar-refractivity contribution in [3.05, 3.63) is 64.2 Å². The Morgan fingerprint density at radius 1 is 1.12 bits per heavy atom. The Morgan fingerprint density at radius 3 is 2.62 bits per heavy atom. The van der Waals surface area contributed by atoms with E-state index in [0.29, 0.717) is 23.6 Å². The number of carbonyl (C=O) groups excluding carboxylic acids is 1. The van der Waals surface area contributed by atoms with Gasteiger partial charge in [0.05, 0.1) is 0 Å². The molecule has 0 bridgehead atoms. The first-order valence-corrected chi connectivity index (χ1v) is 9.23. The highest BCUT2D eigenvalue weighted by atomic mass is 19.1. The van der Waals surface area contributed by atoms with Gasteiger partial charge in [0, 0.05) is 17.7 Å². The molecule has 0 saturated carbocycles. The van der Waals surface area contributed by atoms with E-state index in [4.69, 9.17) is 5.41 Å². The van der Waals surface area contributed by atoms with Crippen LogP contribution < -0.4 is 5.32 Å². The first-order valence-electron chi connectivity index (χ1n) is 9.23. The number of Topliss-reactive ketones (excluding diaryl/α,β-unsaturated/α-hetero) is 1. The lowest BCUT2D eigenvalue weighted by atomic mass is 9.85. The van der Waals surface area contributed by atoms with Gasteiger partial charge in [0.15, 0.2) is 5.78 Å². The largest absolute Gasteiger partial charge is 0.316 e. The second kappa shape index (κ2) is 7.81. The summed E-state index contributed by atoms with van der Waals surface area (Å²) in [6, 6.07) is 11.5. The second-order valence-corrected chi connectivity index (χ2v) is 7.26. The van der Waals surface area contributed by atoms with Gasteiger partial charge in [0.1, 0.15) is 0 Å². The van der Waals surface area contributed by atoms with Crippen molar-refractivity contribution in [2.75, 3.05) is 5.32 Å². The normalized spacial score (nSPS) is 14.5. The average Bonchev–Trinajstić information content (AvgIpc) is 2.58. The molecule has 0 spiro atoms. The highest BCUT2D eigenvalue weighted by molar-refractivity contribution is 6.00. The van der Waals surface area contributed by atoms with Crippen LogP contribution in [0.4, 0.5) is 10.1 Å². The molecular formula is C22H25FN2O. The number of hydrogen-bond acceptors (Lipinski definition) is 2. The Morgan fingerprint density at radius 2 is 1.88 bits per heavy atom. The number of anilines is 1. The van der Waals surface area contributed by atoms with Crippen molar-refractivity contribution in [3.63, 3.8) is 0 Å². The molecule has 2 N–H and O–H groups in total. The van der Waals surface area contributed by atoms with Gasteiger partial charge in [-0.25, -0.2) is 0 Å². The molecule has 2 aromatic rings. The summed E-state index contributed by atoms with van der Waals surface area (Å²) in [5.41, 5.74) is 5.97. The van der Waals surface area contributed by atoms with Crippen molar-refractivity contribution in [1.82, 2.24) is 0 Å². The molecule has 0 radical (unpaired) electrons. The van der Waals surface area contributed by atoms with Crippen molar-refractivity contribution in [2.45, 2.75) is 51.9 Å². The third-order valence-electron chi connectivity index (χ3n) is 5.06. The van der Waals surface area contributed by atoms with Crippen LogP contribution in [0.2, 0.25) is 0 Å². The number of carbonyl (C=O) groups is 1. The van der Waals surface area contributed by atoms with E-state index in [1.165, 1.54) is 11.1 Å². The zero-order valence-electron chi connectivity index (χ0n) is 15.4. The third-order valence-corrected chi connectivity index (χ3v) is 5.06. The fraction of sp³-hybridized carbons (Fsp3) is 0.364. The number of rotatable bonds is 2. The average molecular weight is 352 g/mol. The predicted octanol–water partition coefficient (Wildman–Crippen LogP) is 5.43. The van der Waals surface area contributed by atoms with Gasteiger partial charge in [-0.15, -0.1) is 0 Å². The Balaban J connectivity index is 1.98. The van der Waals surface area contributed by atoms with Gasteiger partial charge in [-0.1, -0.05) is 32.0 Å². The number of benzene rings is 2. The highest BCUT2D eigenvalue weighted by Crippen LogP contribution is 2.28. The summed E-state index contributed by atoms with van der Waals surface area (Å²) < 4.78 is 12.8. The molecule has 4 heteroatoms. The summed E-state index contributed by atoms with van der Waals surface area (Å²) in [6.45, 7) is 4.39. The summed E-state index contributed by atoms with van der Waals surface area (Å²) >= 11 is 0. The summed E-state index contributed by atoms with van der Waals surface area (Å²) in [6.07, 6.45) is 3.11. The lowest BCUT2D eigenvalue weighted by Gasteiger charge is -2.20. The summed E-state index contributed by atoms with van der Waals surface area (Å²) in [5, 5.41) is 9.32. The van der Waals surface area contributed by atoms with Gasteiger partial charge in [-0.2, -0.15) is 4.39 Å². The van der Waals surface area contributed by atoms with Crippen LogP contribution in [0.5, 0.6) is 0 Å². The van der Waals surface area contributed by atoms with Crippen LogP contribution in [0.3, 0.4) is 0 Å². The molecule has 0 saturated heterocycles. The van der Waals surface area contributed by atoms with Crippen molar-refractivity contribution >= 4 is 17.6 Å². The molecule has 0 atom stereocenters. The number of ketones is 1. The van der Waals surface area contributed by atoms with E-state index in [-0.39, 0.29) is 5.78 Å².